The van der Waals surface area contributed by atoms with E-state index in [0.29, 0.717) is 12.0 Å². The normalized spacial score (nSPS) is 22.5. The number of anilines is 1. The van der Waals surface area contributed by atoms with Crippen molar-refractivity contribution in [3.8, 4) is 0 Å². The van der Waals surface area contributed by atoms with Gasteiger partial charge in [0.1, 0.15) is 0 Å². The van der Waals surface area contributed by atoms with Crippen molar-refractivity contribution in [2.75, 3.05) is 18.4 Å². The van der Waals surface area contributed by atoms with E-state index in [4.69, 9.17) is 0 Å². The van der Waals surface area contributed by atoms with Gasteiger partial charge in [0, 0.05) is 12.6 Å². The molecule has 2 heterocycles. The predicted octanol–water partition coefficient (Wildman–Crippen LogP) is -0.355. The molecule has 12 heavy (non-hydrogen) atoms. The quantitative estimate of drug-likeness (QED) is 0.627. The van der Waals surface area contributed by atoms with Crippen LogP contribution < -0.4 is 10.6 Å². The Morgan fingerprint density at radius 3 is 3.17 bits per heavy atom. The minimum Gasteiger partial charge on any atom is -0.349 e. The van der Waals surface area contributed by atoms with Gasteiger partial charge in [-0.15, -0.1) is 5.10 Å². The molecule has 1 aromatic rings. The zero-order valence-corrected chi connectivity index (χ0v) is 6.70. The lowest BCUT2D eigenvalue weighted by Gasteiger charge is -2.08. The first kappa shape index (κ1) is 7.42. The Labute approximate surface area is 70.6 Å². The third-order valence-corrected chi connectivity index (χ3v) is 1.88. The van der Waals surface area contributed by atoms with E-state index in [2.05, 4.69) is 25.8 Å². The van der Waals surface area contributed by atoms with Crippen LogP contribution in [0.5, 0.6) is 0 Å². The van der Waals surface area contributed by atoms with Crippen LogP contribution in [0.25, 0.3) is 0 Å². The minimum atomic E-state index is 0.453. The fraction of sp³-hybridized carbons (Fsp3) is 0.571. The third-order valence-electron chi connectivity index (χ3n) is 1.88. The third kappa shape index (κ3) is 1.68. The molecule has 0 aromatic carbocycles. The molecule has 1 unspecified atom stereocenters. The molecule has 0 aliphatic carbocycles. The Kier molecular flexibility index (Phi) is 2.13. The van der Waals surface area contributed by atoms with Crippen molar-refractivity contribution < 1.29 is 0 Å². The highest BCUT2D eigenvalue weighted by Gasteiger charge is 2.14. The maximum absolute atomic E-state index is 4.03. The molecule has 0 spiro atoms. The second-order valence-corrected chi connectivity index (χ2v) is 2.80. The number of aromatic nitrogens is 3. The number of nitrogens with one attached hydrogen (secondary N) is 2. The summed E-state index contributed by atoms with van der Waals surface area (Å²) in [7, 11) is 0. The van der Waals surface area contributed by atoms with Crippen molar-refractivity contribution in [2.24, 2.45) is 0 Å². The van der Waals surface area contributed by atoms with Crippen molar-refractivity contribution in [3.05, 3.63) is 12.4 Å². The summed E-state index contributed by atoms with van der Waals surface area (Å²) in [4.78, 5) is 4.03. The average Bonchev–Trinajstić information content (AvgIpc) is 2.59. The fourth-order valence-electron chi connectivity index (χ4n) is 1.27. The Balaban J connectivity index is 1.94. The maximum Gasteiger partial charge on any atom is 0.242 e. The first-order valence-corrected chi connectivity index (χ1v) is 4.06. The average molecular weight is 165 g/mol. The zero-order valence-electron chi connectivity index (χ0n) is 6.70. The molecule has 1 fully saturated rings. The lowest BCUT2D eigenvalue weighted by atomic mass is 10.3. The first-order chi connectivity index (χ1) is 5.95. The maximum atomic E-state index is 4.03. The SMILES string of the molecule is c1cnc(NC2CCNC2)nn1. The molecule has 5 heteroatoms. The standard InChI is InChI=1S/C7H11N5/c1-2-8-5-6(1)11-7-9-3-4-10-12-7/h3-4,6,8H,1-2,5H2,(H,9,11,12). The molecule has 1 aliphatic rings. The molecular formula is C7H11N5. The Morgan fingerprint density at radius 2 is 2.50 bits per heavy atom. The van der Waals surface area contributed by atoms with E-state index in [0.717, 1.165) is 19.5 Å². The summed E-state index contributed by atoms with van der Waals surface area (Å²) in [6, 6.07) is 0.453. The van der Waals surface area contributed by atoms with Crippen molar-refractivity contribution in [1.29, 1.82) is 0 Å². The topological polar surface area (TPSA) is 62.7 Å². The van der Waals surface area contributed by atoms with Gasteiger partial charge in [0.25, 0.3) is 0 Å². The monoisotopic (exact) mass is 165 g/mol. The van der Waals surface area contributed by atoms with Gasteiger partial charge >= 0.3 is 0 Å². The highest BCUT2D eigenvalue weighted by Crippen LogP contribution is 2.03. The van der Waals surface area contributed by atoms with Crippen molar-refractivity contribution in [2.45, 2.75) is 12.5 Å². The molecule has 1 aromatic heterocycles. The highest BCUT2D eigenvalue weighted by molar-refractivity contribution is 5.23. The number of hydrogen-bond acceptors (Lipinski definition) is 5. The minimum absolute atomic E-state index is 0.453. The Hall–Kier alpha value is -1.23. The van der Waals surface area contributed by atoms with Gasteiger partial charge in [-0.3, -0.25) is 0 Å². The Morgan fingerprint density at radius 1 is 1.50 bits per heavy atom. The summed E-state index contributed by atoms with van der Waals surface area (Å²) in [6.45, 7) is 2.05. The summed E-state index contributed by atoms with van der Waals surface area (Å²) in [6.07, 6.45) is 4.33. The van der Waals surface area contributed by atoms with Crippen molar-refractivity contribution in [1.82, 2.24) is 20.5 Å². The van der Waals surface area contributed by atoms with Gasteiger partial charge in [0.05, 0.1) is 12.4 Å². The van der Waals surface area contributed by atoms with Crippen LogP contribution in [0.3, 0.4) is 0 Å². The molecule has 64 valence electrons. The van der Waals surface area contributed by atoms with Gasteiger partial charge in [-0.25, -0.2) is 4.98 Å². The van der Waals surface area contributed by atoms with Gasteiger partial charge in [-0.05, 0) is 13.0 Å². The zero-order chi connectivity index (χ0) is 8.23. The van der Waals surface area contributed by atoms with E-state index < -0.39 is 0 Å². The molecular weight excluding hydrogens is 154 g/mol. The molecule has 0 bridgehead atoms. The van der Waals surface area contributed by atoms with E-state index in [1.54, 1.807) is 12.4 Å². The largest absolute Gasteiger partial charge is 0.349 e. The van der Waals surface area contributed by atoms with E-state index in [1.807, 2.05) is 0 Å². The van der Waals surface area contributed by atoms with E-state index in [9.17, 15) is 0 Å². The molecule has 1 aliphatic heterocycles. The van der Waals surface area contributed by atoms with Crippen LogP contribution in [0.1, 0.15) is 6.42 Å². The molecule has 5 nitrogen and oxygen atoms in total. The Bertz CT molecular complexity index is 231. The summed E-state index contributed by atoms with van der Waals surface area (Å²) in [5.41, 5.74) is 0. The fourth-order valence-corrected chi connectivity index (χ4v) is 1.27. The van der Waals surface area contributed by atoms with Crippen LogP contribution in [0.15, 0.2) is 12.4 Å². The van der Waals surface area contributed by atoms with Crippen LogP contribution in [-0.2, 0) is 0 Å². The highest BCUT2D eigenvalue weighted by atomic mass is 15.2. The smallest absolute Gasteiger partial charge is 0.242 e. The molecule has 2 N–H and O–H groups in total. The second-order valence-electron chi connectivity index (χ2n) is 2.80. The lowest BCUT2D eigenvalue weighted by molar-refractivity contribution is 0.772. The summed E-state index contributed by atoms with van der Waals surface area (Å²) < 4.78 is 0. The second kappa shape index (κ2) is 3.44. The van der Waals surface area contributed by atoms with Gasteiger partial charge in [-0.1, -0.05) is 0 Å². The van der Waals surface area contributed by atoms with Crippen LogP contribution >= 0.6 is 0 Å². The number of nitrogens with zero attached hydrogens (tertiary/aromatic N) is 3. The van der Waals surface area contributed by atoms with E-state index >= 15 is 0 Å². The van der Waals surface area contributed by atoms with Gasteiger partial charge in [-0.2, -0.15) is 5.10 Å². The van der Waals surface area contributed by atoms with Gasteiger partial charge < -0.3 is 10.6 Å². The van der Waals surface area contributed by atoms with Crippen LogP contribution in [0.2, 0.25) is 0 Å². The van der Waals surface area contributed by atoms with Crippen LogP contribution in [-0.4, -0.2) is 34.3 Å². The summed E-state index contributed by atoms with van der Waals surface area (Å²) in [5, 5.41) is 14.0. The summed E-state index contributed by atoms with van der Waals surface area (Å²) in [5.74, 6) is 0.617. The summed E-state index contributed by atoms with van der Waals surface area (Å²) >= 11 is 0. The van der Waals surface area contributed by atoms with Crippen molar-refractivity contribution >= 4 is 5.95 Å². The number of hydrogen-bond donors (Lipinski definition) is 2. The first-order valence-electron chi connectivity index (χ1n) is 4.06. The van der Waals surface area contributed by atoms with Crippen LogP contribution in [0.4, 0.5) is 5.95 Å². The lowest BCUT2D eigenvalue weighted by Crippen LogP contribution is -2.23. The van der Waals surface area contributed by atoms with Crippen LogP contribution in [0, 0.1) is 0 Å². The molecule has 1 saturated heterocycles. The number of rotatable bonds is 2. The molecule has 1 atom stereocenters. The molecule has 0 saturated carbocycles. The molecule has 0 radical (unpaired) electrons. The molecule has 2 rings (SSSR count). The van der Waals surface area contributed by atoms with E-state index in [-0.39, 0.29) is 0 Å². The van der Waals surface area contributed by atoms with Crippen molar-refractivity contribution in [3.63, 3.8) is 0 Å². The predicted molar refractivity (Wildman–Crippen MR) is 44.7 cm³/mol. The molecule has 0 amide bonds. The van der Waals surface area contributed by atoms with Gasteiger partial charge in [0.2, 0.25) is 5.95 Å². The van der Waals surface area contributed by atoms with Gasteiger partial charge in [0.15, 0.2) is 0 Å². The van der Waals surface area contributed by atoms with E-state index in [1.165, 1.54) is 0 Å².